The zero-order valence-corrected chi connectivity index (χ0v) is 10.3. The van der Waals surface area contributed by atoms with Crippen molar-refractivity contribution in [3.05, 3.63) is 34.4 Å². The number of nitrogens with zero attached hydrogens (tertiary/aromatic N) is 1. The summed E-state index contributed by atoms with van der Waals surface area (Å²) in [4.78, 5) is 0. The van der Waals surface area contributed by atoms with E-state index >= 15 is 0 Å². The van der Waals surface area contributed by atoms with Gasteiger partial charge in [0.1, 0.15) is 0 Å². The third-order valence-corrected chi connectivity index (χ3v) is 3.14. The summed E-state index contributed by atoms with van der Waals surface area (Å²) in [5, 5.41) is 1.30. The van der Waals surface area contributed by atoms with Crippen molar-refractivity contribution >= 4 is 26.8 Å². The minimum Gasteiger partial charge on any atom is -0.345 e. The number of rotatable bonds is 1. The highest BCUT2D eigenvalue weighted by Crippen LogP contribution is 2.28. The summed E-state index contributed by atoms with van der Waals surface area (Å²) >= 11 is 3.60. The molecule has 0 aliphatic heterocycles. The van der Waals surface area contributed by atoms with Crippen LogP contribution < -0.4 is 0 Å². The number of benzene rings is 1. The zero-order valence-electron chi connectivity index (χ0n) is 8.71. The summed E-state index contributed by atoms with van der Waals surface area (Å²) in [6, 6.07) is 7.08. The van der Waals surface area contributed by atoms with Gasteiger partial charge < -0.3 is 4.57 Å². The van der Waals surface area contributed by atoms with Gasteiger partial charge in [0.15, 0.2) is 0 Å². The second kappa shape index (κ2) is 4.40. The van der Waals surface area contributed by atoms with E-state index in [4.69, 9.17) is 0 Å². The number of halogens is 1. The summed E-state index contributed by atoms with van der Waals surface area (Å²) in [6.45, 7) is 6.53. The third-order valence-electron chi connectivity index (χ3n) is 2.49. The summed E-state index contributed by atoms with van der Waals surface area (Å²) in [5.41, 5.74) is 2.61. The molecule has 82 valence electrons. The minimum absolute atomic E-state index is 0. The molecule has 0 radical (unpaired) electrons. The Morgan fingerprint density at radius 1 is 1.27 bits per heavy atom. The molecule has 15 heavy (non-hydrogen) atoms. The van der Waals surface area contributed by atoms with E-state index in [0.29, 0.717) is 6.04 Å². The smallest absolute Gasteiger partial charge is 0.0496 e. The van der Waals surface area contributed by atoms with Gasteiger partial charge in [0.25, 0.3) is 0 Å². The van der Waals surface area contributed by atoms with Crippen molar-refractivity contribution in [1.82, 2.24) is 4.57 Å². The lowest BCUT2D eigenvalue weighted by atomic mass is 10.2. The van der Waals surface area contributed by atoms with Gasteiger partial charge in [0, 0.05) is 27.6 Å². The summed E-state index contributed by atoms with van der Waals surface area (Å²) in [7, 11) is 0. The van der Waals surface area contributed by atoms with Crippen LogP contribution in [0.25, 0.3) is 10.9 Å². The van der Waals surface area contributed by atoms with Crippen LogP contribution in [-0.2, 0) is 0 Å². The van der Waals surface area contributed by atoms with Crippen LogP contribution in [0, 0.1) is 6.92 Å². The maximum atomic E-state index is 3.60. The molecule has 0 N–H and O–H groups in total. The first-order chi connectivity index (χ1) is 6.59. The van der Waals surface area contributed by atoms with Crippen LogP contribution >= 0.6 is 15.9 Å². The monoisotopic (exact) mass is 267 g/mol. The van der Waals surface area contributed by atoms with Crippen LogP contribution in [0.5, 0.6) is 0 Å². The van der Waals surface area contributed by atoms with Crippen LogP contribution in [0.2, 0.25) is 0 Å². The standard InChI is InChI=1S/C12H14BrN.CH4/c1-8(2)14-5-4-10-11(13)6-9(3)7-12(10)14;/h4-8H,1-3H3;1H4. The molecular weight excluding hydrogens is 250 g/mol. The van der Waals surface area contributed by atoms with Gasteiger partial charge in [-0.3, -0.25) is 0 Å². The van der Waals surface area contributed by atoms with E-state index in [2.05, 4.69) is 65.7 Å². The normalized spacial score (nSPS) is 10.7. The molecular formula is C13H18BrN. The highest BCUT2D eigenvalue weighted by molar-refractivity contribution is 9.10. The molecule has 0 spiro atoms. The van der Waals surface area contributed by atoms with Crippen molar-refractivity contribution in [2.45, 2.75) is 34.2 Å². The minimum atomic E-state index is 0. The quantitative estimate of drug-likeness (QED) is 0.691. The van der Waals surface area contributed by atoms with Gasteiger partial charge in [0.05, 0.1) is 0 Å². The van der Waals surface area contributed by atoms with Gasteiger partial charge in [-0.05, 0) is 44.5 Å². The van der Waals surface area contributed by atoms with Crippen molar-refractivity contribution in [2.75, 3.05) is 0 Å². The summed E-state index contributed by atoms with van der Waals surface area (Å²) in [6.07, 6.45) is 2.15. The molecule has 0 atom stereocenters. The van der Waals surface area contributed by atoms with Crippen LogP contribution in [-0.4, -0.2) is 4.57 Å². The van der Waals surface area contributed by atoms with Crippen LogP contribution in [0.1, 0.15) is 32.9 Å². The van der Waals surface area contributed by atoms with Crippen molar-refractivity contribution in [3.8, 4) is 0 Å². The first kappa shape index (κ1) is 12.3. The van der Waals surface area contributed by atoms with Crippen molar-refractivity contribution in [2.24, 2.45) is 0 Å². The molecule has 0 saturated heterocycles. The van der Waals surface area contributed by atoms with Gasteiger partial charge in [0.2, 0.25) is 0 Å². The molecule has 1 aromatic heterocycles. The Kier molecular flexibility index (Phi) is 3.61. The molecule has 0 aliphatic carbocycles. The second-order valence-electron chi connectivity index (χ2n) is 4.00. The zero-order chi connectivity index (χ0) is 10.3. The van der Waals surface area contributed by atoms with Gasteiger partial charge in [-0.25, -0.2) is 0 Å². The van der Waals surface area contributed by atoms with E-state index in [1.54, 1.807) is 0 Å². The van der Waals surface area contributed by atoms with E-state index in [1.807, 2.05) is 0 Å². The van der Waals surface area contributed by atoms with Gasteiger partial charge in [-0.2, -0.15) is 0 Å². The van der Waals surface area contributed by atoms with E-state index < -0.39 is 0 Å². The summed E-state index contributed by atoms with van der Waals surface area (Å²) < 4.78 is 3.49. The Labute approximate surface area is 100 Å². The largest absolute Gasteiger partial charge is 0.345 e. The lowest BCUT2D eigenvalue weighted by molar-refractivity contribution is 0.623. The molecule has 0 unspecified atom stereocenters. The molecule has 1 heterocycles. The average Bonchev–Trinajstić information content (AvgIpc) is 2.47. The Morgan fingerprint density at radius 2 is 1.93 bits per heavy atom. The predicted octanol–water partition coefficient (Wildman–Crippen LogP) is 4.93. The molecule has 1 nitrogen and oxygen atoms in total. The predicted molar refractivity (Wildman–Crippen MR) is 71.5 cm³/mol. The van der Waals surface area contributed by atoms with Crippen LogP contribution in [0.15, 0.2) is 28.9 Å². The third kappa shape index (κ3) is 2.10. The van der Waals surface area contributed by atoms with E-state index in [1.165, 1.54) is 20.9 Å². The summed E-state index contributed by atoms with van der Waals surface area (Å²) in [5.74, 6) is 0. The molecule has 1 aromatic carbocycles. The fourth-order valence-electron chi connectivity index (χ4n) is 1.80. The first-order valence-electron chi connectivity index (χ1n) is 4.86. The molecule has 0 saturated carbocycles. The topological polar surface area (TPSA) is 4.93 Å². The molecule has 2 aromatic rings. The van der Waals surface area contributed by atoms with Crippen molar-refractivity contribution in [1.29, 1.82) is 0 Å². The fraction of sp³-hybridized carbons (Fsp3) is 0.385. The molecule has 0 bridgehead atoms. The number of hydrogen-bond donors (Lipinski definition) is 0. The first-order valence-corrected chi connectivity index (χ1v) is 5.65. The number of fused-ring (bicyclic) bond motifs is 1. The molecule has 2 heteroatoms. The second-order valence-corrected chi connectivity index (χ2v) is 4.85. The number of hydrogen-bond acceptors (Lipinski definition) is 0. The highest BCUT2D eigenvalue weighted by atomic mass is 79.9. The Bertz CT molecular complexity index is 469. The highest BCUT2D eigenvalue weighted by Gasteiger charge is 2.06. The van der Waals surface area contributed by atoms with Crippen molar-refractivity contribution < 1.29 is 0 Å². The molecule has 2 rings (SSSR count). The Hall–Kier alpha value is -0.760. The van der Waals surface area contributed by atoms with Crippen LogP contribution in [0.4, 0.5) is 0 Å². The van der Waals surface area contributed by atoms with Gasteiger partial charge in [-0.1, -0.05) is 23.4 Å². The lowest BCUT2D eigenvalue weighted by Crippen LogP contribution is -1.97. The maximum Gasteiger partial charge on any atom is 0.0496 e. The molecule has 0 fully saturated rings. The van der Waals surface area contributed by atoms with E-state index in [0.717, 1.165) is 0 Å². The maximum absolute atomic E-state index is 3.60. The molecule has 0 amide bonds. The van der Waals surface area contributed by atoms with E-state index in [9.17, 15) is 0 Å². The Morgan fingerprint density at radius 3 is 2.53 bits per heavy atom. The van der Waals surface area contributed by atoms with E-state index in [-0.39, 0.29) is 7.43 Å². The van der Waals surface area contributed by atoms with Gasteiger partial charge in [-0.15, -0.1) is 0 Å². The average molecular weight is 268 g/mol. The van der Waals surface area contributed by atoms with Crippen LogP contribution in [0.3, 0.4) is 0 Å². The number of aryl methyl sites for hydroxylation is 1. The lowest BCUT2D eigenvalue weighted by Gasteiger charge is -2.10. The van der Waals surface area contributed by atoms with Crippen molar-refractivity contribution in [3.63, 3.8) is 0 Å². The number of aromatic nitrogens is 1. The Balaban J connectivity index is 0.00000112. The van der Waals surface area contributed by atoms with Gasteiger partial charge >= 0.3 is 0 Å². The SMILES string of the molecule is C.Cc1cc(Br)c2ccn(C(C)C)c2c1. The molecule has 0 aliphatic rings. The fourth-order valence-corrected chi connectivity index (χ4v) is 2.50.